The van der Waals surface area contributed by atoms with Crippen LogP contribution in [0.5, 0.6) is 0 Å². The van der Waals surface area contributed by atoms with Gasteiger partial charge in [-0.1, -0.05) is 26.7 Å². The van der Waals surface area contributed by atoms with E-state index in [2.05, 4.69) is 23.9 Å². The van der Waals surface area contributed by atoms with Crippen LogP contribution in [-0.2, 0) is 16.6 Å². The Hall–Kier alpha value is -0.430. The van der Waals surface area contributed by atoms with Gasteiger partial charge in [0.05, 0.1) is 0 Å². The van der Waals surface area contributed by atoms with Crippen molar-refractivity contribution in [3.63, 3.8) is 0 Å². The van der Waals surface area contributed by atoms with Gasteiger partial charge in [0.15, 0.2) is 0 Å². The lowest BCUT2D eigenvalue weighted by Gasteiger charge is -2.14. The zero-order chi connectivity index (χ0) is 14.5. The molecule has 0 unspecified atom stereocenters. The largest absolute Gasteiger partial charge is 0.315 e. The molecule has 4 nitrogen and oxygen atoms in total. The van der Waals surface area contributed by atoms with Gasteiger partial charge in [-0.3, -0.25) is 0 Å². The number of thiophene rings is 1. The second-order valence-electron chi connectivity index (χ2n) is 4.74. The third kappa shape index (κ3) is 4.27. The molecule has 0 spiro atoms. The van der Waals surface area contributed by atoms with Crippen LogP contribution in [-0.4, -0.2) is 22.0 Å². The molecule has 0 fully saturated rings. The second kappa shape index (κ2) is 7.38. The van der Waals surface area contributed by atoms with Crippen LogP contribution in [0, 0.1) is 12.8 Å². The van der Waals surface area contributed by atoms with E-state index < -0.39 is 10.0 Å². The Morgan fingerprint density at radius 1 is 1.32 bits per heavy atom. The average Bonchev–Trinajstić information content (AvgIpc) is 2.73. The highest BCUT2D eigenvalue weighted by Gasteiger charge is 2.23. The minimum atomic E-state index is -3.40. The Balaban J connectivity index is 2.91. The fourth-order valence-corrected chi connectivity index (χ4v) is 4.94. The van der Waals surface area contributed by atoms with E-state index in [0.717, 1.165) is 23.3 Å². The summed E-state index contributed by atoms with van der Waals surface area (Å²) in [6.07, 6.45) is 1.98. The molecule has 1 heterocycles. The van der Waals surface area contributed by atoms with Crippen molar-refractivity contribution in [2.45, 2.75) is 45.1 Å². The van der Waals surface area contributed by atoms with E-state index in [0.29, 0.717) is 23.9 Å². The maximum atomic E-state index is 12.4. The van der Waals surface area contributed by atoms with Gasteiger partial charge < -0.3 is 5.32 Å². The van der Waals surface area contributed by atoms with E-state index in [1.807, 2.05) is 19.4 Å². The van der Waals surface area contributed by atoms with Crippen molar-refractivity contribution in [1.82, 2.24) is 10.0 Å². The maximum absolute atomic E-state index is 12.4. The first-order valence-corrected chi connectivity index (χ1v) is 9.03. The van der Waals surface area contributed by atoms with E-state index in [1.54, 1.807) is 0 Å². The number of hydrogen-bond donors (Lipinski definition) is 2. The molecule has 0 aliphatic carbocycles. The second-order valence-corrected chi connectivity index (χ2v) is 7.40. The first kappa shape index (κ1) is 16.6. The number of sulfonamides is 1. The number of aryl methyl sites for hydroxylation is 1. The Bertz CT molecular complexity index is 491. The lowest BCUT2D eigenvalue weighted by molar-refractivity contribution is 0.478. The standard InChI is InChI=1S/C13H24N2O2S2/c1-5-11(6-2)7-15-19(16,17)13-10(3)9-18-12(13)8-14-4/h9,11,14-15H,5-8H2,1-4H3. The molecular weight excluding hydrogens is 280 g/mol. The maximum Gasteiger partial charge on any atom is 0.241 e. The molecule has 0 radical (unpaired) electrons. The molecule has 0 saturated heterocycles. The summed E-state index contributed by atoms with van der Waals surface area (Å²) in [5.41, 5.74) is 0.826. The first-order valence-electron chi connectivity index (χ1n) is 6.67. The topological polar surface area (TPSA) is 58.2 Å². The zero-order valence-electron chi connectivity index (χ0n) is 12.1. The van der Waals surface area contributed by atoms with Gasteiger partial charge in [0.1, 0.15) is 4.90 Å². The molecule has 110 valence electrons. The summed E-state index contributed by atoms with van der Waals surface area (Å²) in [6.45, 7) is 7.13. The summed E-state index contributed by atoms with van der Waals surface area (Å²) in [4.78, 5) is 1.33. The smallest absolute Gasteiger partial charge is 0.241 e. The van der Waals surface area contributed by atoms with Crippen molar-refractivity contribution in [3.05, 3.63) is 15.8 Å². The van der Waals surface area contributed by atoms with Gasteiger partial charge in [0, 0.05) is 18.0 Å². The molecule has 0 bridgehead atoms. The van der Waals surface area contributed by atoms with Gasteiger partial charge in [-0.15, -0.1) is 11.3 Å². The molecule has 0 saturated carbocycles. The molecule has 0 aliphatic rings. The molecule has 6 heteroatoms. The summed E-state index contributed by atoms with van der Waals surface area (Å²) in [5, 5.41) is 4.92. The van der Waals surface area contributed by atoms with Crippen LogP contribution < -0.4 is 10.0 Å². The van der Waals surface area contributed by atoms with Crippen LogP contribution in [0.15, 0.2) is 10.3 Å². The van der Waals surface area contributed by atoms with Crippen molar-refractivity contribution in [2.24, 2.45) is 5.92 Å². The molecule has 0 amide bonds. The quantitative estimate of drug-likeness (QED) is 0.776. The van der Waals surface area contributed by atoms with E-state index in [-0.39, 0.29) is 0 Å². The van der Waals surface area contributed by atoms with Crippen molar-refractivity contribution in [2.75, 3.05) is 13.6 Å². The van der Waals surface area contributed by atoms with Crippen molar-refractivity contribution < 1.29 is 8.42 Å². The number of nitrogens with one attached hydrogen (secondary N) is 2. The molecule has 1 aromatic rings. The Morgan fingerprint density at radius 2 is 1.95 bits per heavy atom. The molecule has 2 N–H and O–H groups in total. The Morgan fingerprint density at radius 3 is 2.47 bits per heavy atom. The fraction of sp³-hybridized carbons (Fsp3) is 0.692. The van der Waals surface area contributed by atoms with E-state index in [1.165, 1.54) is 11.3 Å². The van der Waals surface area contributed by atoms with Gasteiger partial charge in [-0.2, -0.15) is 0 Å². The number of rotatable bonds is 8. The van der Waals surface area contributed by atoms with Crippen molar-refractivity contribution in [1.29, 1.82) is 0 Å². The first-order chi connectivity index (χ1) is 8.96. The minimum Gasteiger partial charge on any atom is -0.315 e. The highest BCUT2D eigenvalue weighted by molar-refractivity contribution is 7.89. The predicted octanol–water partition coefficient (Wildman–Crippen LogP) is 2.49. The van der Waals surface area contributed by atoms with Crippen molar-refractivity contribution in [3.8, 4) is 0 Å². The molecule has 0 atom stereocenters. The van der Waals surface area contributed by atoms with E-state index in [4.69, 9.17) is 0 Å². The molecule has 1 rings (SSSR count). The van der Waals surface area contributed by atoms with Crippen LogP contribution in [0.25, 0.3) is 0 Å². The molecule has 19 heavy (non-hydrogen) atoms. The summed E-state index contributed by atoms with van der Waals surface area (Å²) in [5.74, 6) is 0.404. The third-order valence-corrected chi connectivity index (χ3v) is 6.20. The van der Waals surface area contributed by atoms with Gasteiger partial charge in [0.2, 0.25) is 10.0 Å². The van der Waals surface area contributed by atoms with E-state index in [9.17, 15) is 8.42 Å². The summed E-state index contributed by atoms with van der Waals surface area (Å²) in [7, 11) is -1.57. The Labute approximate surface area is 120 Å². The van der Waals surface area contributed by atoms with E-state index >= 15 is 0 Å². The van der Waals surface area contributed by atoms with Crippen LogP contribution in [0.3, 0.4) is 0 Å². The minimum absolute atomic E-state index is 0.404. The highest BCUT2D eigenvalue weighted by Crippen LogP contribution is 2.26. The fourth-order valence-electron chi connectivity index (χ4n) is 2.01. The lowest BCUT2D eigenvalue weighted by atomic mass is 10.0. The summed E-state index contributed by atoms with van der Waals surface area (Å²) < 4.78 is 27.6. The highest BCUT2D eigenvalue weighted by atomic mass is 32.2. The van der Waals surface area contributed by atoms with Crippen LogP contribution in [0.4, 0.5) is 0 Å². The number of hydrogen-bond acceptors (Lipinski definition) is 4. The third-order valence-electron chi connectivity index (χ3n) is 3.31. The molecule has 0 aliphatic heterocycles. The molecular formula is C13H24N2O2S2. The van der Waals surface area contributed by atoms with Gasteiger partial charge in [0.25, 0.3) is 0 Å². The predicted molar refractivity (Wildman–Crippen MR) is 81.1 cm³/mol. The van der Waals surface area contributed by atoms with Gasteiger partial charge in [-0.25, -0.2) is 13.1 Å². The SMILES string of the molecule is CCC(CC)CNS(=O)(=O)c1c(C)csc1CNC. The summed E-state index contributed by atoms with van der Waals surface area (Å²) in [6, 6.07) is 0. The summed E-state index contributed by atoms with van der Waals surface area (Å²) >= 11 is 1.49. The Kier molecular flexibility index (Phi) is 6.46. The van der Waals surface area contributed by atoms with Crippen LogP contribution in [0.1, 0.15) is 37.1 Å². The van der Waals surface area contributed by atoms with Crippen LogP contribution in [0.2, 0.25) is 0 Å². The van der Waals surface area contributed by atoms with Crippen LogP contribution >= 0.6 is 11.3 Å². The normalized spacial score (nSPS) is 12.3. The zero-order valence-corrected chi connectivity index (χ0v) is 13.7. The van der Waals surface area contributed by atoms with Gasteiger partial charge in [-0.05, 0) is 30.8 Å². The molecule has 1 aromatic heterocycles. The van der Waals surface area contributed by atoms with Crippen molar-refractivity contribution >= 4 is 21.4 Å². The molecule has 0 aromatic carbocycles. The van der Waals surface area contributed by atoms with Gasteiger partial charge >= 0.3 is 0 Å². The monoisotopic (exact) mass is 304 g/mol. The lowest BCUT2D eigenvalue weighted by Crippen LogP contribution is -2.30. The average molecular weight is 304 g/mol.